The highest BCUT2D eigenvalue weighted by Crippen LogP contribution is 2.32. The number of nitrogens with one attached hydrogen (secondary N) is 1. The van der Waals surface area contributed by atoms with E-state index >= 15 is 0 Å². The summed E-state index contributed by atoms with van der Waals surface area (Å²) in [5.41, 5.74) is 4.11. The molecule has 8 heteroatoms. The van der Waals surface area contributed by atoms with Crippen LogP contribution in [0.15, 0.2) is 83.7 Å². The van der Waals surface area contributed by atoms with E-state index in [1.807, 2.05) is 66.2 Å². The van der Waals surface area contributed by atoms with Crippen LogP contribution in [0.4, 0.5) is 0 Å². The summed E-state index contributed by atoms with van der Waals surface area (Å²) >= 11 is 0. The van der Waals surface area contributed by atoms with Crippen LogP contribution >= 0.6 is 0 Å². The highest BCUT2D eigenvalue weighted by Gasteiger charge is 2.33. The van der Waals surface area contributed by atoms with Crippen molar-refractivity contribution in [2.75, 3.05) is 7.11 Å². The number of rotatable bonds is 8. The van der Waals surface area contributed by atoms with Gasteiger partial charge >= 0.3 is 0 Å². The Morgan fingerprint density at radius 1 is 0.949 bits per heavy atom. The largest absolute Gasteiger partial charge is 0.497 e. The van der Waals surface area contributed by atoms with E-state index in [4.69, 9.17) is 4.74 Å². The first-order valence-corrected chi connectivity index (χ1v) is 13.1. The van der Waals surface area contributed by atoms with Crippen LogP contribution in [0.5, 0.6) is 5.75 Å². The van der Waals surface area contributed by atoms with Crippen molar-refractivity contribution in [3.05, 3.63) is 117 Å². The van der Waals surface area contributed by atoms with E-state index in [2.05, 4.69) is 70.4 Å². The van der Waals surface area contributed by atoms with Crippen LogP contribution in [-0.2, 0) is 18.6 Å². The lowest BCUT2D eigenvalue weighted by molar-refractivity contribution is 0.184. The summed E-state index contributed by atoms with van der Waals surface area (Å²) in [7, 11) is 1.66. The maximum atomic E-state index is 13.8. The molecule has 0 radical (unpaired) electrons. The van der Waals surface area contributed by atoms with Crippen LogP contribution in [-0.4, -0.2) is 37.2 Å². The van der Waals surface area contributed by atoms with Gasteiger partial charge in [-0.2, -0.15) is 0 Å². The Morgan fingerprint density at radius 3 is 2.31 bits per heavy atom. The first kappa shape index (κ1) is 26.3. The zero-order valence-corrected chi connectivity index (χ0v) is 23.0. The van der Waals surface area contributed by atoms with Crippen LogP contribution < -0.4 is 10.3 Å². The smallest absolute Gasteiger partial charge is 0.253 e. The van der Waals surface area contributed by atoms with Crippen molar-refractivity contribution in [2.45, 2.75) is 52.4 Å². The molecule has 0 saturated heterocycles. The number of aromatic amines is 1. The first-order chi connectivity index (χ1) is 18.7. The minimum atomic E-state index is -0.518. The number of hydrogen-bond donors (Lipinski definition) is 1. The first-order valence-electron chi connectivity index (χ1n) is 13.1. The van der Waals surface area contributed by atoms with Gasteiger partial charge in [0.2, 0.25) is 0 Å². The molecule has 0 bridgehead atoms. The fourth-order valence-corrected chi connectivity index (χ4v) is 4.97. The number of aromatic nitrogens is 5. The molecule has 0 aliphatic rings. The number of methoxy groups -OCH3 is 1. The summed E-state index contributed by atoms with van der Waals surface area (Å²) in [6.45, 7) is 9.32. The average molecular weight is 523 g/mol. The number of fused-ring (bicyclic) bond motifs is 1. The van der Waals surface area contributed by atoms with E-state index in [1.54, 1.807) is 7.11 Å². The number of H-pyrrole nitrogens is 1. The van der Waals surface area contributed by atoms with Crippen molar-refractivity contribution in [1.82, 2.24) is 30.1 Å². The van der Waals surface area contributed by atoms with Gasteiger partial charge in [0.15, 0.2) is 5.82 Å². The minimum Gasteiger partial charge on any atom is -0.497 e. The van der Waals surface area contributed by atoms with E-state index < -0.39 is 11.6 Å². The van der Waals surface area contributed by atoms with Gasteiger partial charge < -0.3 is 9.72 Å². The van der Waals surface area contributed by atoms with Gasteiger partial charge in [0.05, 0.1) is 18.2 Å². The molecule has 0 spiro atoms. The summed E-state index contributed by atoms with van der Waals surface area (Å²) in [5.74, 6) is 1.41. The summed E-state index contributed by atoms with van der Waals surface area (Å²) in [6, 6.07) is 25.8. The second kappa shape index (κ2) is 10.8. The third-order valence-corrected chi connectivity index (χ3v) is 6.92. The molecule has 1 N–H and O–H groups in total. The molecule has 0 amide bonds. The van der Waals surface area contributed by atoms with Gasteiger partial charge in [-0.15, -0.1) is 5.10 Å². The zero-order chi connectivity index (χ0) is 27.6. The molecule has 0 aliphatic carbocycles. The van der Waals surface area contributed by atoms with E-state index in [9.17, 15) is 4.79 Å². The quantitative estimate of drug-likeness (QED) is 0.294. The normalized spacial score (nSPS) is 12.7. The fraction of sp³-hybridized carbons (Fsp3) is 0.290. The maximum absolute atomic E-state index is 13.8. The predicted molar refractivity (Wildman–Crippen MR) is 153 cm³/mol. The summed E-state index contributed by atoms with van der Waals surface area (Å²) < 4.78 is 7.20. The SMILES string of the molecule is COc1ccc(CN(Cc2ccccc2)[C@H](c2cc3cccc(C)c3[nH]c2=O)c2nnnn2C(C)(C)C)cc1. The maximum Gasteiger partial charge on any atom is 0.253 e. The summed E-state index contributed by atoms with van der Waals surface area (Å²) in [6.07, 6.45) is 0. The Kier molecular flexibility index (Phi) is 7.30. The molecular formula is C31H34N6O2. The van der Waals surface area contributed by atoms with E-state index in [0.717, 1.165) is 33.3 Å². The molecule has 200 valence electrons. The Hall–Kier alpha value is -4.30. The van der Waals surface area contributed by atoms with Gasteiger partial charge in [0, 0.05) is 18.7 Å². The highest BCUT2D eigenvalue weighted by molar-refractivity contribution is 5.82. The fourth-order valence-electron chi connectivity index (χ4n) is 4.97. The van der Waals surface area contributed by atoms with Crippen LogP contribution in [0.1, 0.15) is 54.9 Å². The van der Waals surface area contributed by atoms with Gasteiger partial charge in [-0.05, 0) is 78.4 Å². The number of pyridine rings is 1. The number of nitrogens with zero attached hydrogens (tertiary/aromatic N) is 5. The van der Waals surface area contributed by atoms with Crippen LogP contribution in [0.25, 0.3) is 10.9 Å². The Labute approximate surface area is 228 Å². The monoisotopic (exact) mass is 522 g/mol. The molecule has 0 aliphatic heterocycles. The second-order valence-electron chi connectivity index (χ2n) is 10.9. The highest BCUT2D eigenvalue weighted by atomic mass is 16.5. The Balaban J connectivity index is 1.72. The van der Waals surface area contributed by atoms with E-state index in [1.165, 1.54) is 0 Å². The van der Waals surface area contributed by atoms with Crippen molar-refractivity contribution < 1.29 is 4.74 Å². The third kappa shape index (κ3) is 5.61. The zero-order valence-electron chi connectivity index (χ0n) is 23.0. The average Bonchev–Trinajstić information content (AvgIpc) is 3.41. The Morgan fingerprint density at radius 2 is 1.64 bits per heavy atom. The number of para-hydroxylation sites is 1. The summed E-state index contributed by atoms with van der Waals surface area (Å²) in [4.78, 5) is 19.2. The topological polar surface area (TPSA) is 88.9 Å². The van der Waals surface area contributed by atoms with E-state index in [-0.39, 0.29) is 5.56 Å². The van der Waals surface area contributed by atoms with Crippen molar-refractivity contribution >= 4 is 10.9 Å². The lowest BCUT2D eigenvalue weighted by Crippen LogP contribution is -2.37. The molecule has 8 nitrogen and oxygen atoms in total. The summed E-state index contributed by atoms with van der Waals surface area (Å²) in [5, 5.41) is 13.9. The van der Waals surface area contributed by atoms with E-state index in [0.29, 0.717) is 24.5 Å². The molecule has 3 aromatic carbocycles. The molecule has 2 aromatic heterocycles. The number of benzene rings is 3. The number of hydrogen-bond acceptors (Lipinski definition) is 6. The third-order valence-electron chi connectivity index (χ3n) is 6.92. The van der Waals surface area contributed by atoms with Crippen LogP contribution in [0.3, 0.4) is 0 Å². The van der Waals surface area contributed by atoms with Gasteiger partial charge in [0.25, 0.3) is 5.56 Å². The Bertz CT molecular complexity index is 1620. The second-order valence-corrected chi connectivity index (χ2v) is 10.9. The minimum absolute atomic E-state index is 0.155. The van der Waals surface area contributed by atoms with Gasteiger partial charge in [-0.25, -0.2) is 4.68 Å². The van der Waals surface area contributed by atoms with Gasteiger partial charge in [0.1, 0.15) is 11.8 Å². The predicted octanol–water partition coefficient (Wildman–Crippen LogP) is 5.38. The van der Waals surface area contributed by atoms with Gasteiger partial charge in [-0.1, -0.05) is 60.7 Å². The lowest BCUT2D eigenvalue weighted by atomic mass is 9.99. The van der Waals surface area contributed by atoms with Crippen LogP contribution in [0, 0.1) is 6.92 Å². The molecule has 39 heavy (non-hydrogen) atoms. The molecule has 0 saturated carbocycles. The number of aryl methyl sites for hydroxylation is 1. The molecule has 2 heterocycles. The number of tetrazole rings is 1. The lowest BCUT2D eigenvalue weighted by Gasteiger charge is -2.33. The van der Waals surface area contributed by atoms with Crippen molar-refractivity contribution in [3.63, 3.8) is 0 Å². The molecule has 0 unspecified atom stereocenters. The molecule has 1 atom stereocenters. The molecule has 5 rings (SSSR count). The van der Waals surface area contributed by atoms with Crippen molar-refractivity contribution in [2.24, 2.45) is 0 Å². The van der Waals surface area contributed by atoms with Crippen molar-refractivity contribution in [3.8, 4) is 5.75 Å². The van der Waals surface area contributed by atoms with Crippen LogP contribution in [0.2, 0.25) is 0 Å². The molecule has 5 aromatic rings. The standard InChI is InChI=1S/C31H34N6O2/c1-21-10-9-13-24-18-26(30(38)32-27(21)24)28(29-33-34-35-37(29)31(2,3)4)36(19-22-11-7-6-8-12-22)20-23-14-16-25(39-5)17-15-23/h6-18,28H,19-20H2,1-5H3,(H,32,38)/t28-/m1/s1. The number of ether oxygens (including phenoxy) is 1. The molecule has 0 fully saturated rings. The van der Waals surface area contributed by atoms with Crippen molar-refractivity contribution in [1.29, 1.82) is 0 Å². The van der Waals surface area contributed by atoms with Gasteiger partial charge in [-0.3, -0.25) is 9.69 Å². The molecular weight excluding hydrogens is 488 g/mol.